The molecule has 19 heavy (non-hydrogen) atoms. The first-order valence-corrected chi connectivity index (χ1v) is 6.16. The van der Waals surface area contributed by atoms with E-state index in [1.54, 1.807) is 0 Å². The Hall–Kier alpha value is -2.03. The predicted molar refractivity (Wildman–Crippen MR) is 74.6 cm³/mol. The molecule has 0 aliphatic heterocycles. The Morgan fingerprint density at radius 3 is 2.58 bits per heavy atom. The first-order valence-electron chi connectivity index (χ1n) is 5.36. The smallest absolute Gasteiger partial charge is 0.271 e. The Kier molecular flexibility index (Phi) is 5.37. The molecule has 102 valence electrons. The molecule has 0 saturated heterocycles. The SMILES string of the molecule is CCC/C(Br)=N\Nc1ccc([N+](=O)[O-])cc1[N+](=O)[O-]. The molecule has 0 heterocycles. The number of rotatable bonds is 6. The van der Waals surface area contributed by atoms with Crippen LogP contribution in [0, 0.1) is 20.2 Å². The Morgan fingerprint density at radius 2 is 2.05 bits per heavy atom. The largest absolute Gasteiger partial charge is 0.301 e. The van der Waals surface area contributed by atoms with E-state index in [-0.39, 0.29) is 11.4 Å². The van der Waals surface area contributed by atoms with E-state index in [4.69, 9.17) is 0 Å². The zero-order chi connectivity index (χ0) is 14.4. The van der Waals surface area contributed by atoms with Gasteiger partial charge < -0.3 is 0 Å². The molecule has 0 amide bonds. The van der Waals surface area contributed by atoms with Crippen molar-refractivity contribution in [3.05, 3.63) is 38.4 Å². The van der Waals surface area contributed by atoms with Gasteiger partial charge >= 0.3 is 5.69 Å². The summed E-state index contributed by atoms with van der Waals surface area (Å²) in [5.41, 5.74) is 1.89. The van der Waals surface area contributed by atoms with Gasteiger partial charge in [-0.1, -0.05) is 6.92 Å². The van der Waals surface area contributed by atoms with E-state index in [1.165, 1.54) is 12.1 Å². The summed E-state index contributed by atoms with van der Waals surface area (Å²) in [5.74, 6) is 0. The molecule has 0 aliphatic rings. The highest BCUT2D eigenvalue weighted by Gasteiger charge is 2.19. The van der Waals surface area contributed by atoms with Crippen molar-refractivity contribution in [1.82, 2.24) is 0 Å². The van der Waals surface area contributed by atoms with E-state index in [0.29, 0.717) is 11.0 Å². The van der Waals surface area contributed by atoms with Crippen molar-refractivity contribution >= 4 is 37.6 Å². The van der Waals surface area contributed by atoms with Crippen molar-refractivity contribution in [2.24, 2.45) is 5.10 Å². The summed E-state index contributed by atoms with van der Waals surface area (Å²) in [7, 11) is 0. The zero-order valence-electron chi connectivity index (χ0n) is 10.00. The maximum Gasteiger partial charge on any atom is 0.301 e. The molecule has 1 rings (SSSR count). The second kappa shape index (κ2) is 6.78. The van der Waals surface area contributed by atoms with Crippen LogP contribution in [0.2, 0.25) is 0 Å². The van der Waals surface area contributed by atoms with Crippen molar-refractivity contribution in [3.63, 3.8) is 0 Å². The fourth-order valence-corrected chi connectivity index (χ4v) is 1.75. The van der Waals surface area contributed by atoms with Gasteiger partial charge in [0.15, 0.2) is 0 Å². The number of benzene rings is 1. The summed E-state index contributed by atoms with van der Waals surface area (Å²) < 4.78 is 0.614. The average molecular weight is 331 g/mol. The van der Waals surface area contributed by atoms with E-state index in [1.807, 2.05) is 6.92 Å². The number of halogens is 1. The van der Waals surface area contributed by atoms with Crippen LogP contribution in [-0.2, 0) is 0 Å². The number of hydrazone groups is 1. The van der Waals surface area contributed by atoms with Crippen molar-refractivity contribution in [2.75, 3.05) is 5.43 Å². The third kappa shape index (κ3) is 4.28. The van der Waals surface area contributed by atoms with Crippen LogP contribution in [0.4, 0.5) is 17.1 Å². The number of nitro groups is 2. The van der Waals surface area contributed by atoms with Crippen LogP contribution >= 0.6 is 15.9 Å². The minimum absolute atomic E-state index is 0.101. The molecule has 9 heteroatoms. The van der Waals surface area contributed by atoms with Crippen molar-refractivity contribution in [3.8, 4) is 0 Å². The summed E-state index contributed by atoms with van der Waals surface area (Å²) in [5, 5.41) is 25.3. The van der Waals surface area contributed by atoms with E-state index in [0.717, 1.165) is 12.5 Å². The quantitative estimate of drug-likeness (QED) is 0.488. The first-order chi connectivity index (χ1) is 8.95. The van der Waals surface area contributed by atoms with Gasteiger partial charge in [0.25, 0.3) is 5.69 Å². The average Bonchev–Trinajstić information content (AvgIpc) is 2.36. The van der Waals surface area contributed by atoms with Crippen molar-refractivity contribution in [1.29, 1.82) is 0 Å². The second-order valence-electron chi connectivity index (χ2n) is 3.57. The van der Waals surface area contributed by atoms with Crippen LogP contribution < -0.4 is 5.43 Å². The fourth-order valence-electron chi connectivity index (χ4n) is 1.26. The number of hydrogen-bond acceptors (Lipinski definition) is 6. The monoisotopic (exact) mass is 330 g/mol. The Labute approximate surface area is 116 Å². The molecule has 1 aromatic rings. The maximum absolute atomic E-state index is 10.8. The molecule has 0 aliphatic carbocycles. The molecule has 0 saturated carbocycles. The van der Waals surface area contributed by atoms with Gasteiger partial charge in [0, 0.05) is 6.07 Å². The Balaban J connectivity index is 3.04. The number of nitrogens with zero attached hydrogens (tertiary/aromatic N) is 3. The van der Waals surface area contributed by atoms with E-state index < -0.39 is 15.5 Å². The van der Waals surface area contributed by atoms with E-state index >= 15 is 0 Å². The third-order valence-electron chi connectivity index (χ3n) is 2.14. The lowest BCUT2D eigenvalue weighted by molar-refractivity contribution is -0.393. The molecule has 0 unspecified atom stereocenters. The Morgan fingerprint density at radius 1 is 1.37 bits per heavy atom. The highest BCUT2D eigenvalue weighted by molar-refractivity contribution is 9.18. The third-order valence-corrected chi connectivity index (χ3v) is 2.72. The van der Waals surface area contributed by atoms with E-state index in [2.05, 4.69) is 26.5 Å². The zero-order valence-corrected chi connectivity index (χ0v) is 11.6. The molecule has 0 atom stereocenters. The van der Waals surface area contributed by atoms with Gasteiger partial charge in [0.2, 0.25) is 0 Å². The van der Waals surface area contributed by atoms with Crippen LogP contribution in [0.5, 0.6) is 0 Å². The lowest BCUT2D eigenvalue weighted by atomic mass is 10.2. The van der Waals surface area contributed by atoms with Gasteiger partial charge in [0.05, 0.1) is 15.9 Å². The molecule has 1 N–H and O–H groups in total. The highest BCUT2D eigenvalue weighted by Crippen LogP contribution is 2.29. The summed E-state index contributed by atoms with van der Waals surface area (Å²) in [6.45, 7) is 1.96. The maximum atomic E-state index is 10.8. The Bertz CT molecular complexity index is 532. The van der Waals surface area contributed by atoms with Gasteiger partial charge in [-0.2, -0.15) is 5.10 Å². The van der Waals surface area contributed by atoms with Gasteiger partial charge in [-0.25, -0.2) is 0 Å². The van der Waals surface area contributed by atoms with Crippen LogP contribution in [0.3, 0.4) is 0 Å². The van der Waals surface area contributed by atoms with Crippen LogP contribution in [-0.4, -0.2) is 14.5 Å². The summed E-state index contributed by atoms with van der Waals surface area (Å²) in [6.07, 6.45) is 1.56. The fraction of sp³-hybridized carbons (Fsp3) is 0.300. The van der Waals surface area contributed by atoms with E-state index in [9.17, 15) is 20.2 Å². The molecule has 0 bridgehead atoms. The van der Waals surface area contributed by atoms with Crippen LogP contribution in [0.15, 0.2) is 23.3 Å². The normalized spacial score (nSPS) is 11.2. The molecule has 0 fully saturated rings. The second-order valence-corrected chi connectivity index (χ2v) is 4.48. The number of anilines is 1. The number of non-ortho nitro benzene ring substituents is 1. The lowest BCUT2D eigenvalue weighted by Crippen LogP contribution is -2.00. The van der Waals surface area contributed by atoms with Crippen LogP contribution in [0.25, 0.3) is 0 Å². The predicted octanol–water partition coefficient (Wildman–Crippen LogP) is 3.42. The number of nitro benzene ring substituents is 2. The molecule has 0 radical (unpaired) electrons. The van der Waals surface area contributed by atoms with Crippen molar-refractivity contribution < 1.29 is 9.85 Å². The van der Waals surface area contributed by atoms with Gasteiger partial charge in [-0.15, -0.1) is 0 Å². The summed E-state index contributed by atoms with van der Waals surface area (Å²) in [6, 6.07) is 3.33. The minimum atomic E-state index is -0.696. The molecule has 0 aromatic heterocycles. The number of hydrogen-bond donors (Lipinski definition) is 1. The molecule has 1 aromatic carbocycles. The first kappa shape index (κ1) is 15.0. The topological polar surface area (TPSA) is 111 Å². The lowest BCUT2D eigenvalue weighted by Gasteiger charge is -2.03. The van der Waals surface area contributed by atoms with Crippen molar-refractivity contribution in [2.45, 2.75) is 19.8 Å². The van der Waals surface area contributed by atoms with Gasteiger partial charge in [0.1, 0.15) is 10.3 Å². The highest BCUT2D eigenvalue weighted by atomic mass is 79.9. The summed E-state index contributed by atoms with van der Waals surface area (Å²) in [4.78, 5) is 20.0. The van der Waals surface area contributed by atoms with Crippen LogP contribution in [0.1, 0.15) is 19.8 Å². The standard InChI is InChI=1S/C10H11BrN4O4/c1-2-3-10(11)13-12-8-5-4-7(14(16)17)6-9(8)15(18)19/h4-6,12H,2-3H2,1H3/b13-10+. The molecule has 0 spiro atoms. The minimum Gasteiger partial charge on any atom is -0.271 e. The summed E-state index contributed by atoms with van der Waals surface area (Å²) >= 11 is 3.20. The van der Waals surface area contributed by atoms with Gasteiger partial charge in [-0.05, 0) is 34.8 Å². The number of nitrogens with one attached hydrogen (secondary N) is 1. The van der Waals surface area contributed by atoms with Gasteiger partial charge in [-0.3, -0.25) is 25.7 Å². The molecular formula is C10H11BrN4O4. The molecule has 8 nitrogen and oxygen atoms in total. The molecular weight excluding hydrogens is 320 g/mol.